The Morgan fingerprint density at radius 3 is 2.12 bits per heavy atom. The number of benzene rings is 1. The smallest absolute Gasteiger partial charge is 0.236 e. The normalized spacial score (nSPS) is 17.2. The van der Waals surface area contributed by atoms with Gasteiger partial charge in [-0.2, -0.15) is 0 Å². The molecule has 3 rings (SSSR count). The van der Waals surface area contributed by atoms with Crippen molar-refractivity contribution in [2.75, 3.05) is 39.3 Å². The third-order valence-corrected chi connectivity index (χ3v) is 4.87. The van der Waals surface area contributed by atoms with Crippen LogP contribution in [0.3, 0.4) is 0 Å². The maximum atomic E-state index is 12.4. The second-order valence-corrected chi connectivity index (χ2v) is 7.00. The lowest BCUT2D eigenvalue weighted by Crippen LogP contribution is -2.52. The molecule has 0 spiro atoms. The number of carbonyl (C=O) groups is 2. The van der Waals surface area contributed by atoms with E-state index in [-0.39, 0.29) is 24.2 Å². The predicted molar refractivity (Wildman–Crippen MR) is 101 cm³/mol. The number of aryl methyl sites for hydroxylation is 1. The highest BCUT2D eigenvalue weighted by Gasteiger charge is 2.25. The summed E-state index contributed by atoms with van der Waals surface area (Å²) in [5.74, 6) is 1.09. The molecular weight excluding hydrogens is 338 g/mol. The molecule has 2 amide bonds. The van der Waals surface area contributed by atoms with Crippen molar-refractivity contribution in [2.24, 2.45) is 5.92 Å². The highest BCUT2D eigenvalue weighted by molar-refractivity contribution is 5.85. The minimum absolute atomic E-state index is 0. The number of carbonyl (C=O) groups excluding carboxylic acids is 2. The monoisotopic (exact) mass is 365 g/mol. The molecule has 1 aliphatic heterocycles. The van der Waals surface area contributed by atoms with Crippen LogP contribution in [0.4, 0.5) is 0 Å². The van der Waals surface area contributed by atoms with Crippen molar-refractivity contribution >= 4 is 24.2 Å². The lowest BCUT2D eigenvalue weighted by molar-refractivity contribution is -0.138. The van der Waals surface area contributed by atoms with Crippen LogP contribution >= 0.6 is 12.4 Å². The summed E-state index contributed by atoms with van der Waals surface area (Å²) in [6, 6.07) is 8.10. The number of piperazine rings is 1. The van der Waals surface area contributed by atoms with E-state index in [1.54, 1.807) is 0 Å². The lowest BCUT2D eigenvalue weighted by Gasteiger charge is -2.35. The molecule has 1 saturated carbocycles. The SMILES string of the molecule is Cc1ccc(CC(=O)N2CCN(C(=O)CNCC3CC3)CC2)cc1.Cl. The first-order valence-electron chi connectivity index (χ1n) is 8.93. The average molecular weight is 366 g/mol. The zero-order valence-electron chi connectivity index (χ0n) is 14.9. The molecule has 2 fully saturated rings. The van der Waals surface area contributed by atoms with Gasteiger partial charge in [0.1, 0.15) is 0 Å². The number of halogens is 1. The third-order valence-electron chi connectivity index (χ3n) is 4.87. The van der Waals surface area contributed by atoms with E-state index in [4.69, 9.17) is 0 Å². The summed E-state index contributed by atoms with van der Waals surface area (Å²) >= 11 is 0. The molecule has 25 heavy (non-hydrogen) atoms. The summed E-state index contributed by atoms with van der Waals surface area (Å²) in [7, 11) is 0. The van der Waals surface area contributed by atoms with Gasteiger partial charge in [-0.3, -0.25) is 9.59 Å². The Hall–Kier alpha value is -1.59. The molecule has 0 atom stereocenters. The second kappa shape index (κ2) is 9.20. The van der Waals surface area contributed by atoms with Crippen LogP contribution in [0, 0.1) is 12.8 Å². The fourth-order valence-corrected chi connectivity index (χ4v) is 3.01. The van der Waals surface area contributed by atoms with Crippen LogP contribution in [0.5, 0.6) is 0 Å². The van der Waals surface area contributed by atoms with Crippen molar-refractivity contribution in [2.45, 2.75) is 26.2 Å². The van der Waals surface area contributed by atoms with Crippen molar-refractivity contribution in [3.05, 3.63) is 35.4 Å². The summed E-state index contributed by atoms with van der Waals surface area (Å²) in [6.45, 7) is 5.99. The van der Waals surface area contributed by atoms with Gasteiger partial charge in [0.25, 0.3) is 0 Å². The molecule has 5 nitrogen and oxygen atoms in total. The lowest BCUT2D eigenvalue weighted by atomic mass is 10.1. The van der Waals surface area contributed by atoms with Gasteiger partial charge in [-0.15, -0.1) is 12.4 Å². The van der Waals surface area contributed by atoms with E-state index in [1.165, 1.54) is 18.4 Å². The zero-order chi connectivity index (χ0) is 16.9. The minimum Gasteiger partial charge on any atom is -0.339 e. The molecule has 6 heteroatoms. The quantitative estimate of drug-likeness (QED) is 0.833. The fraction of sp³-hybridized carbons (Fsp3) is 0.579. The molecule has 0 aromatic heterocycles. The van der Waals surface area contributed by atoms with Crippen molar-refractivity contribution < 1.29 is 9.59 Å². The molecule has 0 bridgehead atoms. The van der Waals surface area contributed by atoms with E-state index in [2.05, 4.69) is 5.32 Å². The molecule has 0 radical (unpaired) electrons. The number of hydrogen-bond acceptors (Lipinski definition) is 3. The summed E-state index contributed by atoms with van der Waals surface area (Å²) < 4.78 is 0. The van der Waals surface area contributed by atoms with Gasteiger partial charge in [-0.1, -0.05) is 29.8 Å². The van der Waals surface area contributed by atoms with Gasteiger partial charge in [-0.25, -0.2) is 0 Å². The average Bonchev–Trinajstić information content (AvgIpc) is 3.41. The van der Waals surface area contributed by atoms with E-state index in [0.29, 0.717) is 39.1 Å². The number of rotatable bonds is 6. The maximum Gasteiger partial charge on any atom is 0.236 e. The van der Waals surface area contributed by atoms with Crippen molar-refractivity contribution in [3.63, 3.8) is 0 Å². The molecule has 0 unspecified atom stereocenters. The summed E-state index contributed by atoms with van der Waals surface area (Å²) in [6.07, 6.45) is 3.03. The molecule has 1 aromatic rings. The van der Waals surface area contributed by atoms with Crippen LogP contribution in [0.2, 0.25) is 0 Å². The van der Waals surface area contributed by atoms with Crippen LogP contribution in [-0.4, -0.2) is 60.9 Å². The van der Waals surface area contributed by atoms with Gasteiger partial charge in [0.05, 0.1) is 13.0 Å². The molecule has 1 aromatic carbocycles. The minimum atomic E-state index is 0. The summed E-state index contributed by atoms with van der Waals surface area (Å²) in [5.41, 5.74) is 2.25. The van der Waals surface area contributed by atoms with E-state index < -0.39 is 0 Å². The topological polar surface area (TPSA) is 52.7 Å². The summed E-state index contributed by atoms with van der Waals surface area (Å²) in [4.78, 5) is 28.3. The molecular formula is C19H28ClN3O2. The Labute approximate surface area is 156 Å². The molecule has 2 aliphatic rings. The second-order valence-electron chi connectivity index (χ2n) is 7.00. The largest absolute Gasteiger partial charge is 0.339 e. The Morgan fingerprint density at radius 2 is 1.56 bits per heavy atom. The van der Waals surface area contributed by atoms with Gasteiger partial charge in [0.2, 0.25) is 11.8 Å². The molecule has 1 N–H and O–H groups in total. The molecule has 1 saturated heterocycles. The summed E-state index contributed by atoms with van der Waals surface area (Å²) in [5, 5.41) is 3.24. The van der Waals surface area contributed by atoms with E-state index in [9.17, 15) is 9.59 Å². The Balaban J connectivity index is 0.00000225. The van der Waals surface area contributed by atoms with Crippen LogP contribution in [0.25, 0.3) is 0 Å². The maximum absolute atomic E-state index is 12.4. The van der Waals surface area contributed by atoms with Crippen LogP contribution in [0.1, 0.15) is 24.0 Å². The van der Waals surface area contributed by atoms with Gasteiger partial charge >= 0.3 is 0 Å². The first-order chi connectivity index (χ1) is 11.6. The van der Waals surface area contributed by atoms with Crippen molar-refractivity contribution in [1.82, 2.24) is 15.1 Å². The van der Waals surface area contributed by atoms with Gasteiger partial charge < -0.3 is 15.1 Å². The molecule has 1 aliphatic carbocycles. The number of nitrogens with zero attached hydrogens (tertiary/aromatic N) is 2. The Kier molecular flexibility index (Phi) is 7.26. The number of nitrogens with one attached hydrogen (secondary N) is 1. The standard InChI is InChI=1S/C19H27N3O2.ClH/c1-15-2-4-16(5-3-15)12-18(23)21-8-10-22(11-9-21)19(24)14-20-13-17-6-7-17;/h2-5,17,20H,6-14H2,1H3;1H. The third kappa shape index (κ3) is 6.01. The van der Waals surface area contributed by atoms with E-state index in [1.807, 2.05) is 41.0 Å². The highest BCUT2D eigenvalue weighted by Crippen LogP contribution is 2.27. The predicted octanol–water partition coefficient (Wildman–Crippen LogP) is 1.63. The first kappa shape index (κ1) is 19.7. The molecule has 138 valence electrons. The zero-order valence-corrected chi connectivity index (χ0v) is 15.7. The fourth-order valence-electron chi connectivity index (χ4n) is 3.01. The Bertz CT molecular complexity index is 579. The van der Waals surface area contributed by atoms with Crippen molar-refractivity contribution in [1.29, 1.82) is 0 Å². The molecule has 1 heterocycles. The first-order valence-corrected chi connectivity index (χ1v) is 8.93. The van der Waals surface area contributed by atoms with E-state index >= 15 is 0 Å². The van der Waals surface area contributed by atoms with Crippen molar-refractivity contribution in [3.8, 4) is 0 Å². The van der Waals surface area contributed by atoms with Gasteiger partial charge in [0.15, 0.2) is 0 Å². The number of amides is 2. The van der Waals surface area contributed by atoms with Crippen LogP contribution in [0.15, 0.2) is 24.3 Å². The Morgan fingerprint density at radius 1 is 1.00 bits per heavy atom. The van der Waals surface area contributed by atoms with Crippen LogP contribution in [-0.2, 0) is 16.0 Å². The van der Waals surface area contributed by atoms with Crippen LogP contribution < -0.4 is 5.32 Å². The van der Waals surface area contributed by atoms with Gasteiger partial charge in [-0.05, 0) is 37.8 Å². The number of hydrogen-bond donors (Lipinski definition) is 1. The van der Waals surface area contributed by atoms with E-state index in [0.717, 1.165) is 18.0 Å². The van der Waals surface area contributed by atoms with Gasteiger partial charge in [0, 0.05) is 26.2 Å². The highest BCUT2D eigenvalue weighted by atomic mass is 35.5.